The van der Waals surface area contributed by atoms with Crippen molar-refractivity contribution in [3.05, 3.63) is 93.9 Å². The fourth-order valence-corrected chi connectivity index (χ4v) is 4.87. The molecule has 5 rings (SSSR count). The molecule has 0 saturated carbocycles. The smallest absolute Gasteiger partial charge is 0.286 e. The zero-order valence-corrected chi connectivity index (χ0v) is 17.8. The van der Waals surface area contributed by atoms with Gasteiger partial charge in [-0.1, -0.05) is 42.5 Å². The Morgan fingerprint density at radius 1 is 1.00 bits per heavy atom. The van der Waals surface area contributed by atoms with Gasteiger partial charge in [-0.05, 0) is 36.8 Å². The summed E-state index contributed by atoms with van der Waals surface area (Å²) < 4.78 is 30.7. The van der Waals surface area contributed by atoms with Crippen molar-refractivity contribution in [1.82, 2.24) is 9.55 Å². The lowest BCUT2D eigenvalue weighted by Gasteiger charge is -2.20. The second kappa shape index (κ2) is 7.31. The number of hydrogen-bond donors (Lipinski definition) is 2. The Labute approximate surface area is 183 Å². The third-order valence-corrected chi connectivity index (χ3v) is 6.61. The topological polar surface area (TPSA) is 114 Å². The van der Waals surface area contributed by atoms with Gasteiger partial charge in [-0.2, -0.15) is 8.42 Å². The monoisotopic (exact) mass is 446 g/mol. The lowest BCUT2D eigenvalue weighted by Crippen LogP contribution is -2.33. The van der Waals surface area contributed by atoms with Gasteiger partial charge in [0, 0.05) is 5.69 Å². The predicted octanol–water partition coefficient (Wildman–Crippen LogP) is 3.02. The van der Waals surface area contributed by atoms with Crippen molar-refractivity contribution < 1.29 is 13.5 Å². The summed E-state index contributed by atoms with van der Waals surface area (Å²) in [6.07, 6.45) is 0. The molecule has 1 aliphatic rings. The van der Waals surface area contributed by atoms with E-state index < -0.39 is 15.6 Å². The fourth-order valence-electron chi connectivity index (χ4n) is 3.75. The standard InChI is InChI=1S/C23H18N4O4S/c1-14-11-12-16-20(28)19(21-25-17-9-5-6-10-18(17)32(30,31)26-21)23(29)27(22(16)24-14)13-15-7-3-2-4-8-15/h2-12,28H,13H2,1H3,(H,25,26). The number of aryl methyl sites for hydroxylation is 1. The van der Waals surface area contributed by atoms with Crippen molar-refractivity contribution in [2.24, 2.45) is 4.40 Å². The first-order valence-electron chi connectivity index (χ1n) is 9.83. The molecule has 0 spiro atoms. The van der Waals surface area contributed by atoms with E-state index >= 15 is 0 Å². The fraction of sp³-hybridized carbons (Fsp3) is 0.0870. The number of nitrogens with zero attached hydrogens (tertiary/aromatic N) is 3. The SMILES string of the molecule is Cc1ccc2c(O)c(C3=NS(=O)(=O)c4ccccc4N3)c(=O)n(Cc3ccccc3)c2n1. The van der Waals surface area contributed by atoms with Gasteiger partial charge in [0.2, 0.25) is 0 Å². The highest BCUT2D eigenvalue weighted by Gasteiger charge is 2.30. The molecule has 0 unspecified atom stereocenters. The van der Waals surface area contributed by atoms with Crippen LogP contribution in [0.25, 0.3) is 11.0 Å². The van der Waals surface area contributed by atoms with Gasteiger partial charge in [0.1, 0.15) is 21.9 Å². The molecule has 160 valence electrons. The number of rotatable bonds is 3. The average Bonchev–Trinajstić information content (AvgIpc) is 2.77. The largest absolute Gasteiger partial charge is 0.506 e. The van der Waals surface area contributed by atoms with Crippen LogP contribution in [0.4, 0.5) is 5.69 Å². The Balaban J connectivity index is 1.79. The summed E-state index contributed by atoms with van der Waals surface area (Å²) >= 11 is 0. The number of pyridine rings is 2. The summed E-state index contributed by atoms with van der Waals surface area (Å²) in [7, 11) is -4.05. The summed E-state index contributed by atoms with van der Waals surface area (Å²) in [6, 6.07) is 19.0. The van der Waals surface area contributed by atoms with E-state index in [0.29, 0.717) is 16.7 Å². The molecule has 0 atom stereocenters. The van der Waals surface area contributed by atoms with Gasteiger partial charge in [0.25, 0.3) is 15.6 Å². The number of sulfonamides is 1. The first-order valence-corrected chi connectivity index (χ1v) is 11.3. The van der Waals surface area contributed by atoms with E-state index in [1.165, 1.54) is 10.6 Å². The van der Waals surface area contributed by atoms with E-state index in [0.717, 1.165) is 5.56 Å². The Bertz CT molecular complexity index is 1580. The van der Waals surface area contributed by atoms with Crippen LogP contribution in [0, 0.1) is 6.92 Å². The molecule has 0 radical (unpaired) electrons. The number of para-hydroxylation sites is 1. The highest BCUT2D eigenvalue weighted by Crippen LogP contribution is 2.32. The molecule has 4 aromatic rings. The third kappa shape index (κ3) is 3.23. The summed E-state index contributed by atoms with van der Waals surface area (Å²) in [5.41, 5.74) is 1.30. The number of aromatic nitrogens is 2. The van der Waals surface area contributed by atoms with Gasteiger partial charge in [-0.3, -0.25) is 9.36 Å². The third-order valence-electron chi connectivity index (χ3n) is 5.27. The predicted molar refractivity (Wildman–Crippen MR) is 122 cm³/mol. The maximum Gasteiger partial charge on any atom is 0.286 e. The number of anilines is 1. The molecular formula is C23H18N4O4S. The highest BCUT2D eigenvalue weighted by atomic mass is 32.2. The van der Waals surface area contributed by atoms with Gasteiger partial charge in [-0.25, -0.2) is 4.98 Å². The van der Waals surface area contributed by atoms with Crippen molar-refractivity contribution in [3.63, 3.8) is 0 Å². The minimum atomic E-state index is -4.05. The first-order chi connectivity index (χ1) is 15.3. The van der Waals surface area contributed by atoms with Gasteiger partial charge < -0.3 is 10.4 Å². The molecule has 0 fully saturated rings. The molecule has 8 nitrogen and oxygen atoms in total. The Morgan fingerprint density at radius 2 is 1.72 bits per heavy atom. The number of amidine groups is 1. The highest BCUT2D eigenvalue weighted by molar-refractivity contribution is 7.90. The number of aromatic hydroxyl groups is 1. The van der Waals surface area contributed by atoms with E-state index in [1.54, 1.807) is 37.3 Å². The van der Waals surface area contributed by atoms with Crippen LogP contribution in [0.3, 0.4) is 0 Å². The number of nitrogens with one attached hydrogen (secondary N) is 1. The van der Waals surface area contributed by atoms with E-state index in [2.05, 4.69) is 14.7 Å². The van der Waals surface area contributed by atoms with E-state index in [4.69, 9.17) is 0 Å². The van der Waals surface area contributed by atoms with Crippen LogP contribution in [-0.4, -0.2) is 28.9 Å². The maximum atomic E-state index is 13.6. The van der Waals surface area contributed by atoms with E-state index in [9.17, 15) is 18.3 Å². The van der Waals surface area contributed by atoms with Crippen LogP contribution in [-0.2, 0) is 16.6 Å². The van der Waals surface area contributed by atoms with Gasteiger partial charge in [0.15, 0.2) is 5.84 Å². The Kier molecular flexibility index (Phi) is 4.56. The van der Waals surface area contributed by atoms with Crippen LogP contribution < -0.4 is 10.9 Å². The van der Waals surface area contributed by atoms with Gasteiger partial charge in [-0.15, -0.1) is 4.40 Å². The molecule has 9 heteroatoms. The zero-order valence-electron chi connectivity index (χ0n) is 17.0. The molecule has 0 bridgehead atoms. The molecule has 2 N–H and O–H groups in total. The number of fused-ring (bicyclic) bond motifs is 2. The molecule has 0 saturated heterocycles. The van der Waals surface area contributed by atoms with Crippen LogP contribution in [0.2, 0.25) is 0 Å². The van der Waals surface area contributed by atoms with Crippen molar-refractivity contribution >= 4 is 32.6 Å². The molecule has 0 aliphatic carbocycles. The molecule has 3 heterocycles. The van der Waals surface area contributed by atoms with Crippen LogP contribution in [0.5, 0.6) is 5.75 Å². The number of hydrogen-bond acceptors (Lipinski definition) is 6. The molecule has 32 heavy (non-hydrogen) atoms. The molecular weight excluding hydrogens is 428 g/mol. The van der Waals surface area contributed by atoms with Crippen LogP contribution in [0.15, 0.2) is 80.8 Å². The first kappa shape index (κ1) is 20.0. The normalized spacial score (nSPS) is 14.5. The molecule has 2 aromatic carbocycles. The van der Waals surface area contributed by atoms with Gasteiger partial charge in [0.05, 0.1) is 17.6 Å². The summed E-state index contributed by atoms with van der Waals surface area (Å²) in [4.78, 5) is 18.1. The maximum absolute atomic E-state index is 13.6. The Hall–Kier alpha value is -3.98. The summed E-state index contributed by atoms with van der Waals surface area (Å²) in [5.74, 6) is -0.599. The van der Waals surface area contributed by atoms with E-state index in [-0.39, 0.29) is 34.3 Å². The van der Waals surface area contributed by atoms with Crippen LogP contribution >= 0.6 is 0 Å². The van der Waals surface area contributed by atoms with Crippen LogP contribution in [0.1, 0.15) is 16.8 Å². The number of benzene rings is 2. The van der Waals surface area contributed by atoms with Crippen molar-refractivity contribution in [2.75, 3.05) is 5.32 Å². The van der Waals surface area contributed by atoms with Crippen molar-refractivity contribution in [2.45, 2.75) is 18.4 Å². The quantitative estimate of drug-likeness (QED) is 0.500. The van der Waals surface area contributed by atoms with Gasteiger partial charge >= 0.3 is 0 Å². The summed E-state index contributed by atoms with van der Waals surface area (Å²) in [5, 5.41) is 14.2. The van der Waals surface area contributed by atoms with Crippen molar-refractivity contribution in [1.29, 1.82) is 0 Å². The molecule has 0 amide bonds. The van der Waals surface area contributed by atoms with E-state index in [1.807, 2.05) is 30.3 Å². The second-order valence-electron chi connectivity index (χ2n) is 7.46. The Morgan fingerprint density at radius 3 is 2.50 bits per heavy atom. The summed E-state index contributed by atoms with van der Waals surface area (Å²) in [6.45, 7) is 1.98. The average molecular weight is 446 g/mol. The minimum Gasteiger partial charge on any atom is -0.506 e. The second-order valence-corrected chi connectivity index (χ2v) is 9.03. The molecule has 1 aliphatic heterocycles. The lowest BCUT2D eigenvalue weighted by atomic mass is 10.1. The lowest BCUT2D eigenvalue weighted by molar-refractivity contribution is 0.477. The zero-order chi connectivity index (χ0) is 22.5. The molecule has 2 aromatic heterocycles. The minimum absolute atomic E-state index is 0.00549. The van der Waals surface area contributed by atoms with Crippen molar-refractivity contribution in [3.8, 4) is 5.75 Å².